The fourth-order valence-corrected chi connectivity index (χ4v) is 6.86. The summed E-state index contributed by atoms with van der Waals surface area (Å²) in [6.07, 6.45) is 0.405. The average Bonchev–Trinajstić information content (AvgIpc) is 2.91. The quantitative estimate of drug-likeness (QED) is 0.0702. The molecule has 2 aromatic carbocycles. The predicted octanol–water partition coefficient (Wildman–Crippen LogP) is 4.40. The maximum atomic E-state index is 12.4. The van der Waals surface area contributed by atoms with Gasteiger partial charge < -0.3 is 30.8 Å². The highest BCUT2D eigenvalue weighted by Crippen LogP contribution is 2.27. The molecule has 2 aromatic rings. The van der Waals surface area contributed by atoms with Crippen LogP contribution in [0.3, 0.4) is 0 Å². The zero-order chi connectivity index (χ0) is 29.7. The Morgan fingerprint density at radius 2 is 1.12 bits per heavy atom. The lowest BCUT2D eigenvalue weighted by molar-refractivity contribution is -0.115. The number of anilines is 2. The number of rotatable bonds is 15. The second-order valence-electron chi connectivity index (χ2n) is 8.96. The average molecular weight is 719 g/mol. The fraction of sp³-hybridized carbons (Fsp3) is 0.385. The van der Waals surface area contributed by atoms with Gasteiger partial charge in [0.2, 0.25) is 0 Å². The lowest BCUT2D eigenvalue weighted by Gasteiger charge is -2.15. The number of oxime groups is 2. The van der Waals surface area contributed by atoms with Gasteiger partial charge >= 0.3 is 0 Å². The first-order valence-electron chi connectivity index (χ1n) is 12.2. The maximum Gasteiger partial charge on any atom is 0.269 e. The number of nitrogens with one attached hydrogen (secondary N) is 2. The van der Waals surface area contributed by atoms with Crippen molar-refractivity contribution in [3.63, 3.8) is 0 Å². The predicted molar refractivity (Wildman–Crippen MR) is 174 cm³/mol. The molecule has 0 bridgehead atoms. The largest absolute Gasteiger partial charge is 0.410 e. The van der Waals surface area contributed by atoms with E-state index in [1.54, 1.807) is 21.6 Å². The van der Waals surface area contributed by atoms with Crippen LogP contribution < -0.4 is 20.4 Å². The van der Waals surface area contributed by atoms with Gasteiger partial charge in [0, 0.05) is 74.6 Å². The van der Waals surface area contributed by atoms with Crippen molar-refractivity contribution in [3.8, 4) is 0 Å². The molecule has 0 aliphatic carbocycles. The van der Waals surface area contributed by atoms with Gasteiger partial charge in [0.1, 0.15) is 11.4 Å². The van der Waals surface area contributed by atoms with E-state index in [1.165, 1.54) is 0 Å². The monoisotopic (exact) mass is 716 g/mol. The summed E-state index contributed by atoms with van der Waals surface area (Å²) >= 11 is 7.04. The summed E-state index contributed by atoms with van der Waals surface area (Å²) in [6, 6.07) is 11.4. The van der Waals surface area contributed by atoms with Gasteiger partial charge in [-0.3, -0.25) is 9.59 Å². The topological polar surface area (TPSA) is 130 Å². The Morgan fingerprint density at radius 1 is 0.750 bits per heavy atom. The van der Waals surface area contributed by atoms with Crippen molar-refractivity contribution in [1.29, 1.82) is 0 Å². The van der Waals surface area contributed by atoms with Crippen LogP contribution in [0.15, 0.2) is 55.7 Å². The molecule has 0 heterocycles. The summed E-state index contributed by atoms with van der Waals surface area (Å²) in [6.45, 7) is 0.795. The molecule has 40 heavy (non-hydrogen) atoms. The van der Waals surface area contributed by atoms with E-state index in [4.69, 9.17) is 0 Å². The first-order chi connectivity index (χ1) is 19.1. The van der Waals surface area contributed by atoms with Gasteiger partial charge in [-0.25, -0.2) is 0 Å². The number of amides is 2. The molecule has 0 unspecified atom stereocenters. The third-order valence-corrected chi connectivity index (χ3v) is 9.20. The third-order valence-electron chi connectivity index (χ3n) is 5.52. The summed E-state index contributed by atoms with van der Waals surface area (Å²) in [4.78, 5) is 28.8. The number of benzene rings is 2. The van der Waals surface area contributed by atoms with Crippen LogP contribution in [0.25, 0.3) is 0 Å². The molecule has 0 aromatic heterocycles. The summed E-state index contributed by atoms with van der Waals surface area (Å²) < 4.78 is 1.78. The molecule has 14 heteroatoms. The Bertz CT molecular complexity index is 1130. The highest BCUT2D eigenvalue weighted by atomic mass is 79.9. The van der Waals surface area contributed by atoms with E-state index in [2.05, 4.69) is 52.8 Å². The molecule has 0 atom stereocenters. The van der Waals surface area contributed by atoms with Gasteiger partial charge in [-0.05, 0) is 67.3 Å². The van der Waals surface area contributed by atoms with E-state index in [9.17, 15) is 20.0 Å². The van der Waals surface area contributed by atoms with Crippen molar-refractivity contribution >= 4 is 88.1 Å². The number of carbonyl (C=O) groups excluding carboxylic acids is 2. The van der Waals surface area contributed by atoms with E-state index in [0.29, 0.717) is 24.6 Å². The highest BCUT2D eigenvalue weighted by molar-refractivity contribution is 9.11. The van der Waals surface area contributed by atoms with Crippen LogP contribution in [-0.4, -0.2) is 86.4 Å². The SMILES string of the molecule is CN(C)c1ccc(C/C(=N\O)C(=O)NCCSSCCNC(=O)/C(Cc2ccc(N(C)C)c(Br)c2)=N/O)cc1Br. The zero-order valence-electron chi connectivity index (χ0n) is 22.8. The molecular formula is C26H34Br2N6O4S2. The van der Waals surface area contributed by atoms with Gasteiger partial charge in [0.15, 0.2) is 0 Å². The lowest BCUT2D eigenvalue weighted by atomic mass is 10.1. The number of hydrogen-bond donors (Lipinski definition) is 4. The summed E-state index contributed by atoms with van der Waals surface area (Å²) in [5, 5.41) is 30.6. The molecule has 10 nitrogen and oxygen atoms in total. The van der Waals surface area contributed by atoms with E-state index in [0.717, 1.165) is 31.4 Å². The molecule has 2 amide bonds. The van der Waals surface area contributed by atoms with Crippen LogP contribution in [0, 0.1) is 0 Å². The van der Waals surface area contributed by atoms with Crippen LogP contribution in [0.4, 0.5) is 11.4 Å². The molecule has 0 radical (unpaired) electrons. The van der Waals surface area contributed by atoms with Gasteiger partial charge in [-0.2, -0.15) is 0 Å². The van der Waals surface area contributed by atoms with Crippen molar-refractivity contribution < 1.29 is 20.0 Å². The van der Waals surface area contributed by atoms with Crippen LogP contribution >= 0.6 is 53.4 Å². The molecule has 0 saturated carbocycles. The highest BCUT2D eigenvalue weighted by Gasteiger charge is 2.15. The molecule has 4 N–H and O–H groups in total. The second kappa shape index (κ2) is 17.4. The second-order valence-corrected chi connectivity index (χ2v) is 13.4. The van der Waals surface area contributed by atoms with Crippen LogP contribution in [0.5, 0.6) is 0 Å². The molecule has 218 valence electrons. The van der Waals surface area contributed by atoms with Gasteiger partial charge in [-0.15, -0.1) is 0 Å². The fourth-order valence-electron chi connectivity index (χ4n) is 3.49. The van der Waals surface area contributed by atoms with Crippen LogP contribution in [-0.2, 0) is 22.4 Å². The summed E-state index contributed by atoms with van der Waals surface area (Å²) in [5.41, 5.74) is 3.77. The number of nitrogens with zero attached hydrogens (tertiary/aromatic N) is 4. The van der Waals surface area contributed by atoms with Crippen molar-refractivity contribution in [1.82, 2.24) is 10.6 Å². The maximum absolute atomic E-state index is 12.4. The number of carbonyl (C=O) groups is 2. The summed E-state index contributed by atoms with van der Waals surface area (Å²) in [7, 11) is 10.9. The van der Waals surface area contributed by atoms with Crippen molar-refractivity contribution in [3.05, 3.63) is 56.5 Å². The minimum atomic E-state index is -0.424. The van der Waals surface area contributed by atoms with Gasteiger partial charge in [0.25, 0.3) is 11.8 Å². The minimum Gasteiger partial charge on any atom is -0.410 e. The summed E-state index contributed by atoms with van der Waals surface area (Å²) in [5.74, 6) is 0.417. The third kappa shape index (κ3) is 10.9. The Morgan fingerprint density at radius 3 is 1.43 bits per heavy atom. The van der Waals surface area contributed by atoms with Gasteiger partial charge in [0.05, 0.1) is 11.4 Å². The Labute approximate surface area is 259 Å². The van der Waals surface area contributed by atoms with Crippen molar-refractivity contribution in [2.24, 2.45) is 10.3 Å². The molecule has 0 spiro atoms. The smallest absolute Gasteiger partial charge is 0.269 e. The van der Waals surface area contributed by atoms with E-state index < -0.39 is 11.8 Å². The van der Waals surface area contributed by atoms with Crippen LogP contribution in [0.1, 0.15) is 11.1 Å². The van der Waals surface area contributed by atoms with E-state index >= 15 is 0 Å². The Balaban J connectivity index is 1.66. The normalized spacial score (nSPS) is 11.8. The Kier molecular flexibility index (Phi) is 14.7. The first kappa shape index (κ1) is 33.8. The Hall–Kier alpha value is -2.42. The zero-order valence-corrected chi connectivity index (χ0v) is 27.6. The molecule has 0 saturated heterocycles. The number of halogens is 2. The number of hydrogen-bond acceptors (Lipinski definition) is 10. The molecule has 0 aliphatic rings. The molecule has 2 rings (SSSR count). The lowest BCUT2D eigenvalue weighted by Crippen LogP contribution is -2.34. The standard InChI is InChI=1S/C26H34Br2N6O4S2/c1-33(2)23-7-5-17(13-19(23)27)15-21(31-37)25(35)29-9-11-39-40-12-10-30-26(36)22(32-38)16-18-6-8-24(34(3)4)20(28)14-18/h5-8,13-14,37-38H,9-12,15-16H2,1-4H3,(H,29,35)(H,30,36)/b31-21+,32-22+. The molecule has 0 aliphatic heterocycles. The van der Waals surface area contributed by atoms with E-state index in [1.807, 2.05) is 74.4 Å². The van der Waals surface area contributed by atoms with Crippen LogP contribution in [0.2, 0.25) is 0 Å². The van der Waals surface area contributed by atoms with E-state index in [-0.39, 0.29) is 24.3 Å². The first-order valence-corrected chi connectivity index (χ1v) is 16.3. The van der Waals surface area contributed by atoms with Crippen molar-refractivity contribution in [2.45, 2.75) is 12.8 Å². The minimum absolute atomic E-state index is 0.0345. The van der Waals surface area contributed by atoms with Gasteiger partial charge in [-0.1, -0.05) is 44.0 Å². The molecular weight excluding hydrogens is 684 g/mol. The molecule has 0 fully saturated rings. The van der Waals surface area contributed by atoms with Crippen molar-refractivity contribution in [2.75, 3.05) is 62.6 Å².